The lowest BCUT2D eigenvalue weighted by Gasteiger charge is -2.59. The highest BCUT2D eigenvalue weighted by atomic mass is 32.2. The van der Waals surface area contributed by atoms with Gasteiger partial charge in [-0.2, -0.15) is 0 Å². The summed E-state index contributed by atoms with van der Waals surface area (Å²) in [5, 5.41) is 3.26. The van der Waals surface area contributed by atoms with E-state index >= 15 is 0 Å². The van der Waals surface area contributed by atoms with Crippen molar-refractivity contribution < 1.29 is 13.4 Å². The molecule has 5 heteroatoms. The number of carbonyl (C=O) groups is 1. The minimum Gasteiger partial charge on any atom is -0.455 e. The third kappa shape index (κ3) is 4.39. The molecule has 31 heavy (non-hydrogen) atoms. The summed E-state index contributed by atoms with van der Waals surface area (Å²) in [4.78, 5) is 12.9. The van der Waals surface area contributed by atoms with E-state index in [9.17, 15) is 9.00 Å². The van der Waals surface area contributed by atoms with Crippen LogP contribution in [0.4, 0.5) is 0 Å². The molecule has 1 aromatic heterocycles. The smallest absolute Gasteiger partial charge is 0.287 e. The molecule has 4 fully saturated rings. The largest absolute Gasteiger partial charge is 0.455 e. The second kappa shape index (κ2) is 8.23. The third-order valence-electron chi connectivity index (χ3n) is 7.99. The first-order valence-corrected chi connectivity index (χ1v) is 13.2. The molecule has 2 aromatic rings. The summed E-state index contributed by atoms with van der Waals surface area (Å²) >= 11 is 0. The molecule has 6 rings (SSSR count). The molecule has 0 aliphatic heterocycles. The number of rotatable bonds is 7. The molecule has 4 bridgehead atoms. The lowest BCUT2D eigenvalue weighted by molar-refractivity contribution is -0.0688. The van der Waals surface area contributed by atoms with Gasteiger partial charge in [0.1, 0.15) is 5.76 Å². The zero-order valence-corrected chi connectivity index (χ0v) is 19.4. The summed E-state index contributed by atoms with van der Waals surface area (Å²) in [6.45, 7) is 4.23. The highest BCUT2D eigenvalue weighted by molar-refractivity contribution is 7.83. The molecule has 4 nitrogen and oxygen atoms in total. The molecule has 0 radical (unpaired) electrons. The first kappa shape index (κ1) is 21.0. The van der Waals surface area contributed by atoms with Crippen LogP contribution >= 0.6 is 0 Å². The Bertz CT molecular complexity index is 942. The Balaban J connectivity index is 1.18. The molecule has 0 spiro atoms. The maximum absolute atomic E-state index is 12.9. The van der Waals surface area contributed by atoms with Gasteiger partial charge in [0.15, 0.2) is 5.76 Å². The summed E-state index contributed by atoms with van der Waals surface area (Å²) in [5.41, 5.74) is 2.52. The molecule has 4 saturated carbocycles. The standard InChI is InChI=1S/C26H33NO3S/c1-17-3-5-19(6-4-17)15-31(29)16-23-7-8-24(30-23)25(28)27-18(2)26-12-20-9-21(13-26)11-22(10-20)14-26/h3-8,18,20-22H,9-16H2,1-2H3,(H,27,28). The average Bonchev–Trinajstić information content (AvgIpc) is 3.17. The van der Waals surface area contributed by atoms with E-state index in [1.54, 1.807) is 12.1 Å². The van der Waals surface area contributed by atoms with E-state index in [2.05, 4.69) is 12.2 Å². The Hall–Kier alpha value is -1.88. The molecule has 1 heterocycles. The number of aryl methyl sites for hydroxylation is 1. The van der Waals surface area contributed by atoms with Gasteiger partial charge in [0.25, 0.3) is 5.91 Å². The van der Waals surface area contributed by atoms with Gasteiger partial charge in [0.05, 0.1) is 5.75 Å². The van der Waals surface area contributed by atoms with Gasteiger partial charge in [0, 0.05) is 22.6 Å². The number of hydrogen-bond acceptors (Lipinski definition) is 3. The van der Waals surface area contributed by atoms with Crippen molar-refractivity contribution in [3.8, 4) is 0 Å². The zero-order chi connectivity index (χ0) is 21.6. The Morgan fingerprint density at radius 2 is 1.65 bits per heavy atom. The van der Waals surface area contributed by atoms with Crippen LogP contribution in [0.15, 0.2) is 40.8 Å². The fraction of sp³-hybridized carbons (Fsp3) is 0.577. The van der Waals surface area contributed by atoms with E-state index in [1.807, 2.05) is 31.2 Å². The number of nitrogens with one attached hydrogen (secondary N) is 1. The fourth-order valence-corrected chi connectivity index (χ4v) is 7.93. The predicted octanol–water partition coefficient (Wildman–Crippen LogP) is 5.37. The topological polar surface area (TPSA) is 59.3 Å². The lowest BCUT2D eigenvalue weighted by atomic mass is 9.48. The van der Waals surface area contributed by atoms with Gasteiger partial charge in [-0.15, -0.1) is 0 Å². The molecule has 166 valence electrons. The molecular weight excluding hydrogens is 406 g/mol. The number of hydrogen-bond donors (Lipinski definition) is 1. The quantitative estimate of drug-likeness (QED) is 0.631. The van der Waals surface area contributed by atoms with Crippen molar-refractivity contribution in [1.29, 1.82) is 0 Å². The first-order valence-electron chi connectivity index (χ1n) is 11.7. The molecule has 4 aliphatic carbocycles. The lowest BCUT2D eigenvalue weighted by Crippen LogP contribution is -2.55. The Kier molecular flexibility index (Phi) is 5.58. The second-order valence-electron chi connectivity index (χ2n) is 10.5. The summed E-state index contributed by atoms with van der Waals surface area (Å²) in [6, 6.07) is 11.8. The van der Waals surface area contributed by atoms with Gasteiger partial charge < -0.3 is 9.73 Å². The van der Waals surface area contributed by atoms with Crippen molar-refractivity contribution >= 4 is 16.7 Å². The minimum atomic E-state index is -1.07. The molecule has 0 saturated heterocycles. The van der Waals surface area contributed by atoms with Crippen LogP contribution in [0, 0.1) is 30.1 Å². The summed E-state index contributed by atoms with van der Waals surface area (Å²) in [5.74, 6) is 4.21. The molecule has 2 atom stereocenters. The van der Waals surface area contributed by atoms with Crippen LogP contribution in [-0.2, 0) is 22.3 Å². The van der Waals surface area contributed by atoms with Gasteiger partial charge in [-0.25, -0.2) is 0 Å². The van der Waals surface area contributed by atoms with E-state index < -0.39 is 10.8 Å². The van der Waals surface area contributed by atoms with Crippen LogP contribution in [0.5, 0.6) is 0 Å². The monoisotopic (exact) mass is 439 g/mol. The Morgan fingerprint density at radius 1 is 1.03 bits per heavy atom. The van der Waals surface area contributed by atoms with Crippen molar-refractivity contribution in [2.24, 2.45) is 23.2 Å². The van der Waals surface area contributed by atoms with Crippen LogP contribution in [-0.4, -0.2) is 16.2 Å². The first-order chi connectivity index (χ1) is 14.9. The van der Waals surface area contributed by atoms with Crippen molar-refractivity contribution in [1.82, 2.24) is 5.32 Å². The molecule has 1 amide bonds. The zero-order valence-electron chi connectivity index (χ0n) is 18.6. The van der Waals surface area contributed by atoms with Crippen molar-refractivity contribution in [3.05, 3.63) is 59.0 Å². The maximum atomic E-state index is 12.9. The van der Waals surface area contributed by atoms with E-state index in [1.165, 1.54) is 44.1 Å². The van der Waals surface area contributed by atoms with Crippen LogP contribution in [0.3, 0.4) is 0 Å². The van der Waals surface area contributed by atoms with Gasteiger partial charge in [-0.05, 0) is 93.2 Å². The van der Waals surface area contributed by atoms with Crippen LogP contribution < -0.4 is 5.32 Å². The molecule has 1 N–H and O–H groups in total. The number of benzene rings is 1. The van der Waals surface area contributed by atoms with Crippen molar-refractivity contribution in [2.45, 2.75) is 69.9 Å². The van der Waals surface area contributed by atoms with Crippen molar-refractivity contribution in [3.63, 3.8) is 0 Å². The Labute approximate surface area is 187 Å². The normalized spacial score (nSPS) is 30.8. The second-order valence-corrected chi connectivity index (χ2v) is 11.9. The molecular formula is C26H33NO3S. The highest BCUT2D eigenvalue weighted by Crippen LogP contribution is 2.61. The number of amides is 1. The number of carbonyl (C=O) groups excluding carboxylic acids is 1. The predicted molar refractivity (Wildman–Crippen MR) is 123 cm³/mol. The highest BCUT2D eigenvalue weighted by Gasteiger charge is 2.53. The van der Waals surface area contributed by atoms with E-state index in [0.29, 0.717) is 23.0 Å². The summed E-state index contributed by atoms with van der Waals surface area (Å²) in [7, 11) is -1.07. The van der Waals surface area contributed by atoms with Gasteiger partial charge >= 0.3 is 0 Å². The average molecular weight is 440 g/mol. The maximum Gasteiger partial charge on any atom is 0.287 e. The third-order valence-corrected chi connectivity index (χ3v) is 9.25. The summed E-state index contributed by atoms with van der Waals surface area (Å²) in [6.07, 6.45) is 8.01. The Morgan fingerprint density at radius 3 is 2.26 bits per heavy atom. The van der Waals surface area contributed by atoms with Gasteiger partial charge in [-0.3, -0.25) is 9.00 Å². The number of furan rings is 1. The fourth-order valence-electron chi connectivity index (χ4n) is 6.79. The van der Waals surface area contributed by atoms with Gasteiger partial charge in [-0.1, -0.05) is 29.8 Å². The van der Waals surface area contributed by atoms with E-state index in [-0.39, 0.29) is 17.4 Å². The van der Waals surface area contributed by atoms with Gasteiger partial charge in [0.2, 0.25) is 0 Å². The van der Waals surface area contributed by atoms with Crippen LogP contribution in [0.1, 0.15) is 72.9 Å². The molecule has 4 aliphatic rings. The van der Waals surface area contributed by atoms with Crippen molar-refractivity contribution in [2.75, 3.05) is 0 Å². The van der Waals surface area contributed by atoms with Crippen LogP contribution in [0.25, 0.3) is 0 Å². The molecule has 2 unspecified atom stereocenters. The SMILES string of the molecule is Cc1ccc(CS(=O)Cc2ccc(C(=O)NC(C)C34CC5CC(CC(C5)C3)C4)o2)cc1. The van der Waals surface area contributed by atoms with E-state index in [4.69, 9.17) is 4.42 Å². The van der Waals surface area contributed by atoms with Crippen LogP contribution in [0.2, 0.25) is 0 Å². The summed E-state index contributed by atoms with van der Waals surface area (Å²) < 4.78 is 18.3. The molecule has 1 aromatic carbocycles. The minimum absolute atomic E-state index is 0.140. The van der Waals surface area contributed by atoms with E-state index in [0.717, 1.165) is 23.3 Å².